The molecule has 0 fully saturated rings. The van der Waals surface area contributed by atoms with Gasteiger partial charge >= 0.3 is 6.18 Å². The highest BCUT2D eigenvalue weighted by atomic mass is 19.4. The number of methoxy groups -OCH3 is 1. The summed E-state index contributed by atoms with van der Waals surface area (Å²) in [6, 6.07) is 2.87. The van der Waals surface area contributed by atoms with Crippen LogP contribution in [0.1, 0.15) is 15.9 Å². The van der Waals surface area contributed by atoms with Crippen molar-refractivity contribution < 1.29 is 27.4 Å². The molecule has 0 bridgehead atoms. The number of carbonyl (C=O) groups is 1. The average Bonchev–Trinajstić information content (AvgIpc) is 2.28. The van der Waals surface area contributed by atoms with Gasteiger partial charge in [-0.1, -0.05) is 0 Å². The summed E-state index contributed by atoms with van der Waals surface area (Å²) in [6.07, 6.45) is -4.16. The third kappa shape index (κ3) is 4.07. The van der Waals surface area contributed by atoms with Crippen LogP contribution in [0.5, 0.6) is 5.75 Å². The monoisotopic (exact) mass is 248 g/mol. The van der Waals surface area contributed by atoms with Gasteiger partial charge in [-0.3, -0.25) is 4.79 Å². The van der Waals surface area contributed by atoms with Crippen molar-refractivity contribution in [2.75, 3.05) is 20.3 Å². The van der Waals surface area contributed by atoms with Gasteiger partial charge in [0.1, 0.15) is 18.6 Å². The Hall–Kier alpha value is -1.56. The molecule has 0 saturated heterocycles. The highest BCUT2D eigenvalue weighted by molar-refractivity contribution is 5.76. The van der Waals surface area contributed by atoms with Crippen LogP contribution in [-0.2, 0) is 10.9 Å². The molecule has 0 unspecified atom stereocenters. The van der Waals surface area contributed by atoms with Gasteiger partial charge in [0.25, 0.3) is 0 Å². The van der Waals surface area contributed by atoms with Gasteiger partial charge in [-0.15, -0.1) is 0 Å². The van der Waals surface area contributed by atoms with Crippen LogP contribution >= 0.6 is 0 Å². The maximum Gasteiger partial charge on any atom is 0.416 e. The quantitative estimate of drug-likeness (QED) is 0.593. The molecule has 1 aromatic carbocycles. The molecule has 1 aromatic rings. The van der Waals surface area contributed by atoms with E-state index in [0.29, 0.717) is 6.29 Å². The van der Waals surface area contributed by atoms with Crippen LogP contribution in [0.4, 0.5) is 13.2 Å². The Bertz CT molecular complexity index is 388. The Morgan fingerprint density at radius 2 is 1.94 bits per heavy atom. The molecular formula is C11H11F3O3. The molecule has 0 aliphatic carbocycles. The fraction of sp³-hybridized carbons (Fsp3) is 0.364. The first-order valence-electron chi connectivity index (χ1n) is 4.76. The van der Waals surface area contributed by atoms with Gasteiger partial charge in [-0.2, -0.15) is 13.2 Å². The van der Waals surface area contributed by atoms with E-state index in [1.165, 1.54) is 13.2 Å². The van der Waals surface area contributed by atoms with E-state index < -0.39 is 11.7 Å². The lowest BCUT2D eigenvalue weighted by Gasteiger charge is -2.11. The predicted molar refractivity (Wildman–Crippen MR) is 54.2 cm³/mol. The number of hydrogen-bond donors (Lipinski definition) is 0. The van der Waals surface area contributed by atoms with E-state index >= 15 is 0 Å². The molecule has 0 amide bonds. The van der Waals surface area contributed by atoms with Crippen molar-refractivity contribution in [1.82, 2.24) is 0 Å². The van der Waals surface area contributed by atoms with Gasteiger partial charge in [0.15, 0.2) is 0 Å². The molecule has 17 heavy (non-hydrogen) atoms. The van der Waals surface area contributed by atoms with Crippen molar-refractivity contribution in [3.8, 4) is 5.75 Å². The van der Waals surface area contributed by atoms with Crippen LogP contribution in [0.25, 0.3) is 0 Å². The first-order chi connectivity index (χ1) is 7.97. The van der Waals surface area contributed by atoms with Crippen molar-refractivity contribution in [2.24, 2.45) is 0 Å². The summed E-state index contributed by atoms with van der Waals surface area (Å²) in [5, 5.41) is 0. The Kier molecular flexibility index (Phi) is 4.51. The van der Waals surface area contributed by atoms with Crippen molar-refractivity contribution >= 4 is 6.29 Å². The second kappa shape index (κ2) is 5.67. The van der Waals surface area contributed by atoms with Gasteiger partial charge in [-0.25, -0.2) is 0 Å². The molecule has 94 valence electrons. The van der Waals surface area contributed by atoms with Crippen molar-refractivity contribution in [2.45, 2.75) is 6.18 Å². The largest absolute Gasteiger partial charge is 0.491 e. The summed E-state index contributed by atoms with van der Waals surface area (Å²) in [5.41, 5.74) is -0.984. The molecule has 0 radical (unpaired) electrons. The highest BCUT2D eigenvalue weighted by Gasteiger charge is 2.31. The molecule has 0 heterocycles. The van der Waals surface area contributed by atoms with Crippen LogP contribution in [0.2, 0.25) is 0 Å². The molecule has 0 aliphatic rings. The number of hydrogen-bond acceptors (Lipinski definition) is 3. The molecule has 0 atom stereocenters. The Balaban J connectivity index is 2.93. The summed E-state index contributed by atoms with van der Waals surface area (Å²) < 4.78 is 47.2. The fourth-order valence-electron chi connectivity index (χ4n) is 1.18. The number of aldehydes is 1. The van der Waals surface area contributed by atoms with E-state index in [4.69, 9.17) is 9.47 Å². The van der Waals surface area contributed by atoms with E-state index in [1.807, 2.05) is 0 Å². The summed E-state index contributed by atoms with van der Waals surface area (Å²) in [4.78, 5) is 10.5. The number of halogens is 3. The smallest absolute Gasteiger partial charge is 0.416 e. The molecule has 0 aliphatic heterocycles. The summed E-state index contributed by atoms with van der Waals surface area (Å²) >= 11 is 0. The van der Waals surface area contributed by atoms with Gasteiger partial charge < -0.3 is 9.47 Å². The van der Waals surface area contributed by atoms with Crippen LogP contribution in [0.3, 0.4) is 0 Å². The van der Waals surface area contributed by atoms with Crippen LogP contribution in [0.15, 0.2) is 18.2 Å². The predicted octanol–water partition coefficient (Wildman–Crippen LogP) is 2.54. The van der Waals surface area contributed by atoms with Crippen molar-refractivity contribution in [3.63, 3.8) is 0 Å². The maximum absolute atomic E-state index is 12.5. The van der Waals surface area contributed by atoms with E-state index in [0.717, 1.165) is 12.1 Å². The van der Waals surface area contributed by atoms with Gasteiger partial charge in [0.05, 0.1) is 12.2 Å². The topological polar surface area (TPSA) is 35.5 Å². The van der Waals surface area contributed by atoms with E-state index in [2.05, 4.69) is 0 Å². The molecule has 0 saturated carbocycles. The summed E-state index contributed by atoms with van der Waals surface area (Å²) in [7, 11) is 1.45. The maximum atomic E-state index is 12.5. The zero-order valence-corrected chi connectivity index (χ0v) is 9.08. The zero-order chi connectivity index (χ0) is 12.9. The van der Waals surface area contributed by atoms with Gasteiger partial charge in [-0.05, 0) is 18.2 Å². The minimum absolute atomic E-state index is 0.000949. The molecule has 1 rings (SSSR count). The fourth-order valence-corrected chi connectivity index (χ4v) is 1.18. The second-order valence-electron chi connectivity index (χ2n) is 3.25. The lowest BCUT2D eigenvalue weighted by atomic mass is 10.1. The number of alkyl halides is 3. The van der Waals surface area contributed by atoms with Crippen LogP contribution in [0, 0.1) is 0 Å². The molecule has 6 heteroatoms. The number of rotatable bonds is 5. The third-order valence-electron chi connectivity index (χ3n) is 1.95. The second-order valence-corrected chi connectivity index (χ2v) is 3.25. The van der Waals surface area contributed by atoms with Crippen molar-refractivity contribution in [3.05, 3.63) is 29.3 Å². The Morgan fingerprint density at radius 1 is 1.24 bits per heavy atom. The van der Waals surface area contributed by atoms with E-state index in [-0.39, 0.29) is 24.5 Å². The zero-order valence-electron chi connectivity index (χ0n) is 9.08. The number of ether oxygens (including phenoxy) is 2. The molecular weight excluding hydrogens is 237 g/mol. The lowest BCUT2D eigenvalue weighted by molar-refractivity contribution is -0.137. The van der Waals surface area contributed by atoms with Crippen molar-refractivity contribution in [1.29, 1.82) is 0 Å². The number of benzene rings is 1. The average molecular weight is 248 g/mol. The molecule has 3 nitrogen and oxygen atoms in total. The van der Waals surface area contributed by atoms with Gasteiger partial charge in [0, 0.05) is 12.7 Å². The van der Waals surface area contributed by atoms with E-state index in [9.17, 15) is 18.0 Å². The lowest BCUT2D eigenvalue weighted by Crippen LogP contribution is -2.08. The first-order valence-corrected chi connectivity index (χ1v) is 4.76. The van der Waals surface area contributed by atoms with E-state index in [1.54, 1.807) is 0 Å². The molecule has 0 aromatic heterocycles. The number of carbonyl (C=O) groups excluding carboxylic acids is 1. The third-order valence-corrected chi connectivity index (χ3v) is 1.95. The van der Waals surface area contributed by atoms with Crippen LogP contribution < -0.4 is 4.74 Å². The summed E-state index contributed by atoms with van der Waals surface area (Å²) in [6.45, 7) is 0.378. The molecule has 0 spiro atoms. The Morgan fingerprint density at radius 3 is 2.47 bits per heavy atom. The molecule has 0 N–H and O–H groups in total. The standard InChI is InChI=1S/C11H11F3O3/c1-16-2-3-17-10-5-8(7-15)4-9(6-10)11(12,13)14/h4-7H,2-3H2,1H3. The minimum Gasteiger partial charge on any atom is -0.491 e. The minimum atomic E-state index is -4.50. The normalized spacial score (nSPS) is 11.3. The van der Waals surface area contributed by atoms with Crippen LogP contribution in [-0.4, -0.2) is 26.6 Å². The SMILES string of the molecule is COCCOc1cc(C=O)cc(C(F)(F)F)c1. The highest BCUT2D eigenvalue weighted by Crippen LogP contribution is 2.32. The first kappa shape index (κ1) is 13.5. The summed E-state index contributed by atoms with van der Waals surface area (Å²) in [5.74, 6) is -0.000949. The Labute approximate surface area is 96.1 Å². The van der Waals surface area contributed by atoms with Gasteiger partial charge in [0.2, 0.25) is 0 Å².